The number of aromatic nitrogens is 2. The zero-order valence-corrected chi connectivity index (χ0v) is 19.2. The fourth-order valence-electron chi connectivity index (χ4n) is 5.98. The first-order valence-corrected chi connectivity index (χ1v) is 12.1. The quantitative estimate of drug-likeness (QED) is 0.362. The van der Waals surface area contributed by atoms with Crippen LogP contribution in [0.3, 0.4) is 0 Å². The molecule has 0 spiro atoms. The van der Waals surface area contributed by atoms with Crippen LogP contribution in [-0.2, 0) is 14.4 Å². The van der Waals surface area contributed by atoms with Crippen LogP contribution in [0.15, 0.2) is 23.1 Å². The maximum atomic E-state index is 13.5. The van der Waals surface area contributed by atoms with Crippen LogP contribution in [0, 0.1) is 17.8 Å². The predicted octanol–water partition coefficient (Wildman–Crippen LogP) is -0.331. The van der Waals surface area contributed by atoms with E-state index < -0.39 is 36.3 Å². The first-order chi connectivity index (χ1) is 16.9. The summed E-state index contributed by atoms with van der Waals surface area (Å²) in [6.45, 7) is 0.179. The topological polar surface area (TPSA) is 164 Å². The number of nitrogens with one attached hydrogen (secondary N) is 4. The van der Waals surface area contributed by atoms with Gasteiger partial charge < -0.3 is 30.6 Å². The van der Waals surface area contributed by atoms with Gasteiger partial charge in [0, 0.05) is 25.2 Å². The third-order valence-electron chi connectivity index (χ3n) is 7.75. The van der Waals surface area contributed by atoms with Crippen LogP contribution in [0.4, 0.5) is 0 Å². The summed E-state index contributed by atoms with van der Waals surface area (Å²) in [4.78, 5) is 70.7. The van der Waals surface area contributed by atoms with Gasteiger partial charge in [0.25, 0.3) is 11.5 Å². The smallest absolute Gasteiger partial charge is 0.271 e. The number of hydrogen-bond donors (Lipinski definition) is 5. The molecule has 0 aromatic carbocycles. The Morgan fingerprint density at radius 2 is 2.03 bits per heavy atom. The molecule has 11 heteroatoms. The largest absolute Gasteiger partial charge is 0.389 e. The Labute approximate surface area is 200 Å². The van der Waals surface area contributed by atoms with Crippen LogP contribution in [-0.4, -0.2) is 75.3 Å². The summed E-state index contributed by atoms with van der Waals surface area (Å²) in [6, 6.07) is 1.38. The number of H-pyrrole nitrogens is 2. The Hall–Kier alpha value is -3.47. The number of aliphatic hydroxyl groups excluding tert-OH is 1. The zero-order chi connectivity index (χ0) is 24.7. The minimum atomic E-state index is -1.01. The first kappa shape index (κ1) is 23.3. The number of nitrogens with zero attached hydrogens (tertiary/aromatic N) is 1. The second kappa shape index (κ2) is 9.29. The molecule has 3 aliphatic rings. The van der Waals surface area contributed by atoms with Crippen LogP contribution >= 0.6 is 0 Å². The van der Waals surface area contributed by atoms with E-state index in [2.05, 4.69) is 20.6 Å². The number of aliphatic hydroxyl groups is 1. The van der Waals surface area contributed by atoms with E-state index in [-0.39, 0.29) is 41.3 Å². The highest BCUT2D eigenvalue weighted by Gasteiger charge is 2.50. The first-order valence-electron chi connectivity index (χ1n) is 12.1. The third kappa shape index (κ3) is 4.24. The van der Waals surface area contributed by atoms with Crippen LogP contribution in [0.5, 0.6) is 0 Å². The predicted molar refractivity (Wildman–Crippen MR) is 124 cm³/mol. The van der Waals surface area contributed by atoms with Crippen LogP contribution in [0.2, 0.25) is 0 Å². The summed E-state index contributed by atoms with van der Waals surface area (Å²) < 4.78 is 0. The van der Waals surface area contributed by atoms with E-state index in [0.29, 0.717) is 30.4 Å². The van der Waals surface area contributed by atoms with Crippen molar-refractivity contribution in [1.29, 1.82) is 0 Å². The molecule has 5 rings (SSSR count). The molecule has 3 amide bonds. The Kier molecular flexibility index (Phi) is 6.18. The van der Waals surface area contributed by atoms with Gasteiger partial charge in [-0.15, -0.1) is 0 Å². The van der Waals surface area contributed by atoms with Gasteiger partial charge in [0.1, 0.15) is 18.3 Å². The van der Waals surface area contributed by atoms with Gasteiger partial charge in [0.15, 0.2) is 5.78 Å². The number of aromatic amines is 2. The van der Waals surface area contributed by atoms with Crippen LogP contribution in [0.1, 0.15) is 42.6 Å². The molecule has 186 valence electrons. The van der Waals surface area contributed by atoms with Crippen molar-refractivity contribution in [2.24, 2.45) is 17.8 Å². The van der Waals surface area contributed by atoms with Gasteiger partial charge in [-0.1, -0.05) is 6.42 Å². The molecule has 2 aliphatic heterocycles. The van der Waals surface area contributed by atoms with E-state index in [1.54, 1.807) is 6.07 Å². The molecule has 0 bridgehead atoms. The number of likely N-dealkylation sites (tertiary alicyclic amines) is 1. The molecule has 5 atom stereocenters. The summed E-state index contributed by atoms with van der Waals surface area (Å²) in [5.41, 5.74) is 0.438. The highest BCUT2D eigenvalue weighted by Crippen LogP contribution is 2.43. The molecule has 0 radical (unpaired) electrons. The maximum absolute atomic E-state index is 13.5. The summed E-state index contributed by atoms with van der Waals surface area (Å²) >= 11 is 0. The molecule has 4 heterocycles. The van der Waals surface area contributed by atoms with Crippen molar-refractivity contribution in [1.82, 2.24) is 25.5 Å². The number of fused-ring (bicyclic) bond motifs is 2. The standard InChI is InChI=1S/C24H29N5O6/c30-11-19(31)17(8-12-4-6-25-21(12)32)28-23(34)20-14-3-1-2-13(14)10-29(20)24(35)18-9-15-16(27-18)5-7-26-22(15)33/h5,7,9,12-14,17,20,27,30H,1-4,6,8,10-11H2,(H,25,32)(H,26,33)(H,28,34)/t12-,13-,14-,17?,20-/m0/s1. The number of amides is 3. The average molecular weight is 484 g/mol. The number of ketones is 1. The minimum Gasteiger partial charge on any atom is -0.389 e. The van der Waals surface area contributed by atoms with Gasteiger partial charge in [-0.3, -0.25) is 24.0 Å². The molecular weight excluding hydrogens is 454 g/mol. The van der Waals surface area contributed by atoms with E-state index in [1.165, 1.54) is 17.2 Å². The van der Waals surface area contributed by atoms with E-state index in [4.69, 9.17) is 0 Å². The number of carbonyl (C=O) groups is 4. The molecule has 11 nitrogen and oxygen atoms in total. The number of pyridine rings is 1. The Bertz CT molecular complexity index is 1230. The Balaban J connectivity index is 1.39. The van der Waals surface area contributed by atoms with Gasteiger partial charge in [0.05, 0.1) is 16.9 Å². The lowest BCUT2D eigenvalue weighted by Crippen LogP contribution is -2.53. The molecule has 3 fully saturated rings. The molecule has 2 aromatic heterocycles. The molecule has 1 saturated carbocycles. The van der Waals surface area contributed by atoms with Crippen molar-refractivity contribution in [2.75, 3.05) is 19.7 Å². The monoisotopic (exact) mass is 483 g/mol. The molecule has 35 heavy (non-hydrogen) atoms. The lowest BCUT2D eigenvalue weighted by atomic mass is 9.92. The Morgan fingerprint density at radius 3 is 2.74 bits per heavy atom. The summed E-state index contributed by atoms with van der Waals surface area (Å²) in [6.07, 6.45) is 4.83. The van der Waals surface area contributed by atoms with Crippen LogP contribution in [0.25, 0.3) is 10.9 Å². The number of carbonyl (C=O) groups excluding carboxylic acids is 4. The van der Waals surface area contributed by atoms with Crippen molar-refractivity contribution in [2.45, 2.75) is 44.2 Å². The molecular formula is C24H29N5O6. The normalized spacial score (nSPS) is 26.5. The molecule has 1 aliphatic carbocycles. The number of Topliss-reactive ketones (excluding diaryl/α,β-unsaturated/α-hetero) is 1. The highest BCUT2D eigenvalue weighted by atomic mass is 16.3. The second-order valence-corrected chi connectivity index (χ2v) is 9.77. The highest BCUT2D eigenvalue weighted by molar-refractivity contribution is 6.01. The molecule has 5 N–H and O–H groups in total. The van der Waals surface area contributed by atoms with Crippen molar-refractivity contribution >= 4 is 34.4 Å². The Morgan fingerprint density at radius 1 is 1.20 bits per heavy atom. The summed E-state index contributed by atoms with van der Waals surface area (Å²) in [7, 11) is 0. The van der Waals surface area contributed by atoms with Gasteiger partial charge in [-0.2, -0.15) is 0 Å². The molecule has 1 unspecified atom stereocenters. The van der Waals surface area contributed by atoms with Crippen molar-refractivity contribution in [3.63, 3.8) is 0 Å². The van der Waals surface area contributed by atoms with Crippen LogP contribution < -0.4 is 16.2 Å². The third-order valence-corrected chi connectivity index (χ3v) is 7.75. The lowest BCUT2D eigenvalue weighted by molar-refractivity contribution is -0.133. The van der Waals surface area contributed by atoms with E-state index in [0.717, 1.165) is 19.3 Å². The van der Waals surface area contributed by atoms with Crippen molar-refractivity contribution in [3.05, 3.63) is 34.4 Å². The number of rotatable bonds is 7. The maximum Gasteiger partial charge on any atom is 0.271 e. The summed E-state index contributed by atoms with van der Waals surface area (Å²) in [5.74, 6) is -1.84. The fourth-order valence-corrected chi connectivity index (χ4v) is 5.98. The van der Waals surface area contributed by atoms with E-state index >= 15 is 0 Å². The fraction of sp³-hybridized carbons (Fsp3) is 0.542. The van der Waals surface area contributed by atoms with Crippen molar-refractivity contribution < 1.29 is 24.3 Å². The minimum absolute atomic E-state index is 0.0358. The van der Waals surface area contributed by atoms with E-state index in [9.17, 15) is 29.1 Å². The SMILES string of the molecule is O=C(CO)C(C[C@@H]1CCNC1=O)NC(=O)[C@@H]1[C@H]2CCC[C@H]2CN1C(=O)c1cc2c(=O)[nH]ccc2[nH]1. The molecule has 2 saturated heterocycles. The lowest BCUT2D eigenvalue weighted by Gasteiger charge is -2.29. The van der Waals surface area contributed by atoms with Gasteiger partial charge in [0.2, 0.25) is 11.8 Å². The molecule has 2 aromatic rings. The van der Waals surface area contributed by atoms with E-state index in [1.807, 2.05) is 0 Å². The zero-order valence-electron chi connectivity index (χ0n) is 19.2. The van der Waals surface area contributed by atoms with Crippen molar-refractivity contribution in [3.8, 4) is 0 Å². The second-order valence-electron chi connectivity index (χ2n) is 9.77. The average Bonchev–Trinajstić information content (AvgIpc) is 3.61. The van der Waals surface area contributed by atoms with Gasteiger partial charge in [-0.05, 0) is 49.7 Å². The number of hydrogen-bond acceptors (Lipinski definition) is 6. The summed E-state index contributed by atoms with van der Waals surface area (Å²) in [5, 5.41) is 15.3. The van der Waals surface area contributed by atoms with Gasteiger partial charge >= 0.3 is 0 Å². The van der Waals surface area contributed by atoms with Gasteiger partial charge in [-0.25, -0.2) is 0 Å².